The van der Waals surface area contributed by atoms with Crippen LogP contribution in [-0.4, -0.2) is 21.8 Å². The van der Waals surface area contributed by atoms with Crippen LogP contribution in [-0.2, 0) is 13.5 Å². The highest BCUT2D eigenvalue weighted by molar-refractivity contribution is 6.00. The van der Waals surface area contributed by atoms with Crippen molar-refractivity contribution in [1.82, 2.24) is 9.88 Å². The number of nitrogens with zero attached hydrogens (tertiary/aromatic N) is 1. The molecule has 0 saturated heterocycles. The monoisotopic (exact) mass is 321 g/mol. The molecule has 0 unspecified atom stereocenters. The summed E-state index contributed by atoms with van der Waals surface area (Å²) < 4.78 is 1.98. The lowest BCUT2D eigenvalue weighted by Gasteiger charge is -2.19. The van der Waals surface area contributed by atoms with E-state index in [-0.39, 0.29) is 12.1 Å². The van der Waals surface area contributed by atoms with Crippen molar-refractivity contribution < 1.29 is 9.90 Å². The zero-order valence-corrected chi connectivity index (χ0v) is 13.4. The summed E-state index contributed by atoms with van der Waals surface area (Å²) in [6.45, 7) is 0. The van der Waals surface area contributed by atoms with Gasteiger partial charge in [-0.15, -0.1) is 0 Å². The number of anilines is 1. The molecule has 0 saturated carbocycles. The van der Waals surface area contributed by atoms with Crippen LogP contribution in [0, 0.1) is 0 Å². The van der Waals surface area contributed by atoms with Gasteiger partial charge in [0.1, 0.15) is 0 Å². The zero-order chi connectivity index (χ0) is 16.7. The van der Waals surface area contributed by atoms with E-state index in [1.165, 1.54) is 0 Å². The van der Waals surface area contributed by atoms with Crippen LogP contribution in [0.5, 0.6) is 0 Å². The molecule has 122 valence electrons. The molecule has 5 heteroatoms. The topological polar surface area (TPSA) is 66.3 Å². The number of carbonyl (C=O) groups is 1. The molecular formula is C19H19N3O2. The number of carbonyl (C=O) groups excluding carboxylic acids is 1. The Hall–Kier alpha value is -2.79. The summed E-state index contributed by atoms with van der Waals surface area (Å²) in [5.74, 6) is 0. The van der Waals surface area contributed by atoms with Gasteiger partial charge >= 0.3 is 6.03 Å². The van der Waals surface area contributed by atoms with Crippen LogP contribution in [0.1, 0.15) is 17.2 Å². The molecule has 0 aliphatic heterocycles. The fraction of sp³-hybridized carbons (Fsp3) is 0.211. The SMILES string of the molecule is Cn1ccc2cccc(NC(=O)N[C@H]3c4ccccc4C[C@@H]3O)c21. The van der Waals surface area contributed by atoms with Crippen molar-refractivity contribution in [1.29, 1.82) is 0 Å². The molecule has 1 aromatic heterocycles. The maximum atomic E-state index is 12.5. The number of rotatable bonds is 2. The molecule has 0 bridgehead atoms. The van der Waals surface area contributed by atoms with Crippen LogP contribution in [0.3, 0.4) is 0 Å². The lowest BCUT2D eigenvalue weighted by atomic mass is 10.1. The summed E-state index contributed by atoms with van der Waals surface area (Å²) >= 11 is 0. The third kappa shape index (κ3) is 2.43. The molecule has 1 aliphatic rings. The summed E-state index contributed by atoms with van der Waals surface area (Å²) in [6.07, 6.45) is 1.93. The highest BCUT2D eigenvalue weighted by Gasteiger charge is 2.31. The molecule has 3 N–H and O–H groups in total. The van der Waals surface area contributed by atoms with Crippen LogP contribution >= 0.6 is 0 Å². The zero-order valence-electron chi connectivity index (χ0n) is 13.4. The quantitative estimate of drug-likeness (QED) is 0.679. The van der Waals surface area contributed by atoms with Gasteiger partial charge in [0.2, 0.25) is 0 Å². The van der Waals surface area contributed by atoms with Crippen molar-refractivity contribution in [3.05, 3.63) is 65.9 Å². The smallest absolute Gasteiger partial charge is 0.319 e. The fourth-order valence-electron chi connectivity index (χ4n) is 3.50. The average Bonchev–Trinajstić information content (AvgIpc) is 3.09. The van der Waals surface area contributed by atoms with Crippen LogP contribution in [0.2, 0.25) is 0 Å². The Morgan fingerprint density at radius 3 is 2.88 bits per heavy atom. The third-order valence-electron chi connectivity index (χ3n) is 4.64. The number of amides is 2. The number of aliphatic hydroxyl groups is 1. The van der Waals surface area contributed by atoms with Crippen LogP contribution in [0.4, 0.5) is 10.5 Å². The second-order valence-electron chi connectivity index (χ2n) is 6.22. The van der Waals surface area contributed by atoms with Crippen LogP contribution in [0.25, 0.3) is 10.9 Å². The summed E-state index contributed by atoms with van der Waals surface area (Å²) in [5, 5.41) is 17.1. The van der Waals surface area contributed by atoms with Crippen LogP contribution < -0.4 is 10.6 Å². The van der Waals surface area contributed by atoms with Crippen molar-refractivity contribution in [3.8, 4) is 0 Å². The van der Waals surface area contributed by atoms with E-state index in [9.17, 15) is 9.90 Å². The first-order chi connectivity index (χ1) is 11.6. The molecule has 2 amide bonds. The maximum absolute atomic E-state index is 12.5. The van der Waals surface area contributed by atoms with E-state index in [1.807, 2.05) is 66.3 Å². The van der Waals surface area contributed by atoms with Crippen molar-refractivity contribution in [3.63, 3.8) is 0 Å². The van der Waals surface area contributed by atoms with E-state index in [0.29, 0.717) is 6.42 Å². The molecule has 3 aromatic rings. The Labute approximate surface area is 139 Å². The number of nitrogens with one attached hydrogen (secondary N) is 2. The predicted molar refractivity (Wildman–Crippen MR) is 94.0 cm³/mol. The molecule has 2 atom stereocenters. The second-order valence-corrected chi connectivity index (χ2v) is 6.22. The lowest BCUT2D eigenvalue weighted by molar-refractivity contribution is 0.144. The molecule has 0 fully saturated rings. The molecule has 1 heterocycles. The molecular weight excluding hydrogens is 302 g/mol. The Bertz CT molecular complexity index is 916. The first-order valence-corrected chi connectivity index (χ1v) is 8.01. The van der Waals surface area contributed by atoms with E-state index < -0.39 is 6.10 Å². The van der Waals surface area contributed by atoms with Gasteiger partial charge in [-0.05, 0) is 23.3 Å². The Morgan fingerprint density at radius 2 is 2.00 bits per heavy atom. The Kier molecular flexibility index (Phi) is 3.50. The minimum Gasteiger partial charge on any atom is -0.390 e. The summed E-state index contributed by atoms with van der Waals surface area (Å²) in [5.41, 5.74) is 3.79. The number of aliphatic hydroxyl groups excluding tert-OH is 1. The molecule has 1 aliphatic carbocycles. The second kappa shape index (κ2) is 5.69. The molecule has 4 rings (SSSR count). The molecule has 24 heavy (non-hydrogen) atoms. The van der Waals surface area contributed by atoms with Gasteiger partial charge in [-0.2, -0.15) is 0 Å². The highest BCUT2D eigenvalue weighted by Crippen LogP contribution is 2.31. The van der Waals surface area contributed by atoms with Gasteiger partial charge in [0.15, 0.2) is 0 Å². The molecule has 0 radical (unpaired) electrons. The summed E-state index contributed by atoms with van der Waals surface area (Å²) in [6, 6.07) is 14.9. The van der Waals surface area contributed by atoms with Crippen molar-refractivity contribution >= 4 is 22.6 Å². The lowest BCUT2D eigenvalue weighted by Crippen LogP contribution is -2.36. The highest BCUT2D eigenvalue weighted by atomic mass is 16.3. The van der Waals surface area contributed by atoms with Crippen molar-refractivity contribution in [2.75, 3.05) is 5.32 Å². The van der Waals surface area contributed by atoms with Gasteiger partial charge in [-0.1, -0.05) is 36.4 Å². The predicted octanol–water partition coefficient (Wildman–Crippen LogP) is 2.96. The average molecular weight is 321 g/mol. The standard InChI is InChI=1S/C19H19N3O2/c1-22-10-9-12-6-4-8-15(18(12)22)20-19(24)21-17-14-7-3-2-5-13(14)11-16(17)23/h2-10,16-17,23H,11H2,1H3,(H2,20,21,24)/t16-,17-/m0/s1. The number of hydrogen-bond acceptors (Lipinski definition) is 2. The number of urea groups is 1. The van der Waals surface area contributed by atoms with Crippen molar-refractivity contribution in [2.45, 2.75) is 18.6 Å². The number of hydrogen-bond donors (Lipinski definition) is 3. The van der Waals surface area contributed by atoms with Gasteiger partial charge < -0.3 is 20.3 Å². The number of para-hydroxylation sites is 1. The van der Waals surface area contributed by atoms with E-state index in [1.54, 1.807) is 0 Å². The van der Waals surface area contributed by atoms with Gasteiger partial charge in [0, 0.05) is 25.1 Å². The fourth-order valence-corrected chi connectivity index (χ4v) is 3.50. The van der Waals surface area contributed by atoms with E-state index in [0.717, 1.165) is 27.7 Å². The van der Waals surface area contributed by atoms with E-state index in [2.05, 4.69) is 10.6 Å². The normalized spacial score (nSPS) is 19.2. The van der Waals surface area contributed by atoms with Crippen LogP contribution in [0.15, 0.2) is 54.7 Å². The number of aryl methyl sites for hydroxylation is 1. The van der Waals surface area contributed by atoms with E-state index >= 15 is 0 Å². The van der Waals surface area contributed by atoms with Gasteiger partial charge in [0.05, 0.1) is 23.3 Å². The molecule has 0 spiro atoms. The first-order valence-electron chi connectivity index (χ1n) is 8.01. The minimum absolute atomic E-state index is 0.315. The minimum atomic E-state index is -0.598. The van der Waals surface area contributed by atoms with Gasteiger partial charge in [0.25, 0.3) is 0 Å². The largest absolute Gasteiger partial charge is 0.390 e. The van der Waals surface area contributed by atoms with Crippen molar-refractivity contribution in [2.24, 2.45) is 7.05 Å². The molecule has 2 aromatic carbocycles. The maximum Gasteiger partial charge on any atom is 0.319 e. The van der Waals surface area contributed by atoms with E-state index in [4.69, 9.17) is 0 Å². The van der Waals surface area contributed by atoms with Gasteiger partial charge in [-0.25, -0.2) is 4.79 Å². The number of benzene rings is 2. The Balaban J connectivity index is 1.56. The summed E-state index contributed by atoms with van der Waals surface area (Å²) in [7, 11) is 1.95. The molecule has 5 nitrogen and oxygen atoms in total. The third-order valence-corrected chi connectivity index (χ3v) is 4.64. The number of aromatic nitrogens is 1. The summed E-state index contributed by atoms with van der Waals surface area (Å²) in [4.78, 5) is 12.5. The number of fused-ring (bicyclic) bond motifs is 2. The first kappa shape index (κ1) is 14.8. The Morgan fingerprint density at radius 1 is 1.17 bits per heavy atom. The van der Waals surface area contributed by atoms with Gasteiger partial charge in [-0.3, -0.25) is 0 Å².